The number of hydrogen-bond acceptors (Lipinski definition) is 6. The Kier molecular flexibility index (Phi) is 15.0. The summed E-state index contributed by atoms with van der Waals surface area (Å²) >= 11 is 0. The second kappa shape index (κ2) is 13.3. The lowest BCUT2D eigenvalue weighted by atomic mass is 10.4. The lowest BCUT2D eigenvalue weighted by molar-refractivity contribution is 0.136. The second-order valence-corrected chi connectivity index (χ2v) is 4.16. The highest BCUT2D eigenvalue weighted by Gasteiger charge is 2.00. The van der Waals surface area contributed by atoms with E-state index in [1.165, 1.54) is 0 Å². The van der Waals surface area contributed by atoms with Gasteiger partial charge in [-0.05, 0) is 0 Å². The van der Waals surface area contributed by atoms with E-state index in [9.17, 15) is 0 Å². The van der Waals surface area contributed by atoms with E-state index in [1.807, 2.05) is 0 Å². The zero-order chi connectivity index (χ0) is 14.4. The zero-order valence-corrected chi connectivity index (χ0v) is 10.9. The molecule has 0 saturated carbocycles. The predicted molar refractivity (Wildman–Crippen MR) is 62.8 cm³/mol. The molecule has 1 heterocycles. The van der Waals surface area contributed by atoms with Crippen LogP contribution in [0.5, 0.6) is 0 Å². The topological polar surface area (TPSA) is 154 Å². The van der Waals surface area contributed by atoms with Crippen LogP contribution < -0.4 is 0 Å². The van der Waals surface area contributed by atoms with Gasteiger partial charge in [-0.2, -0.15) is 0 Å². The maximum Gasteiger partial charge on any atom is 0.466 e. The molecule has 1 aliphatic heterocycles. The van der Waals surface area contributed by atoms with E-state index in [-0.39, 0.29) is 19.8 Å². The molecule has 1 fully saturated rings. The number of rotatable bonds is 6. The van der Waals surface area contributed by atoms with E-state index in [0.29, 0.717) is 19.6 Å². The van der Waals surface area contributed by atoms with Crippen LogP contribution in [-0.2, 0) is 9.30 Å². The summed E-state index contributed by atoms with van der Waals surface area (Å²) in [6.45, 7) is 3.75. The van der Waals surface area contributed by atoms with E-state index < -0.39 is 7.82 Å². The molecular weight excluding hydrogens is 269 g/mol. The Morgan fingerprint density at radius 2 is 1.11 bits per heavy atom. The first-order valence-electron chi connectivity index (χ1n) is 5.26. The van der Waals surface area contributed by atoms with Gasteiger partial charge in [0, 0.05) is 19.6 Å². The fourth-order valence-corrected chi connectivity index (χ4v) is 0.760. The van der Waals surface area contributed by atoms with E-state index >= 15 is 0 Å². The van der Waals surface area contributed by atoms with Gasteiger partial charge in [0.25, 0.3) is 0 Å². The van der Waals surface area contributed by atoms with Gasteiger partial charge in [0.1, 0.15) is 0 Å². The number of epoxide rings is 1. The molecule has 1 aliphatic rings. The Labute approximate surface area is 105 Å². The summed E-state index contributed by atoms with van der Waals surface area (Å²) in [6, 6.07) is 0. The number of phosphoric acid groups is 1. The van der Waals surface area contributed by atoms with Crippen LogP contribution in [0.2, 0.25) is 0 Å². The van der Waals surface area contributed by atoms with Crippen LogP contribution in [0.25, 0.3) is 0 Å². The molecule has 0 atom stereocenters. The molecule has 0 aromatic rings. The largest absolute Gasteiger partial charge is 0.466 e. The molecule has 0 bridgehead atoms. The van der Waals surface area contributed by atoms with Gasteiger partial charge in [-0.3, -0.25) is 4.90 Å². The SMILES string of the molecule is C1CO1.O=P(O)(O)O.OCCN(CCO)CCO. The van der Waals surface area contributed by atoms with Crippen LogP contribution in [-0.4, -0.2) is 87.6 Å². The quantitative estimate of drug-likeness (QED) is 0.227. The van der Waals surface area contributed by atoms with Gasteiger partial charge in [0.15, 0.2) is 0 Å². The molecular formula is C8H22NO8P. The van der Waals surface area contributed by atoms with Crippen molar-refractivity contribution in [1.29, 1.82) is 0 Å². The van der Waals surface area contributed by atoms with Gasteiger partial charge < -0.3 is 34.7 Å². The van der Waals surface area contributed by atoms with Crippen molar-refractivity contribution in [2.24, 2.45) is 0 Å². The summed E-state index contributed by atoms with van der Waals surface area (Å²) in [4.78, 5) is 23.4. The molecule has 6 N–H and O–H groups in total. The van der Waals surface area contributed by atoms with Gasteiger partial charge in [0.05, 0.1) is 33.0 Å². The Balaban J connectivity index is 0. The minimum atomic E-state index is -4.64. The summed E-state index contributed by atoms with van der Waals surface area (Å²) < 4.78 is 13.4. The summed E-state index contributed by atoms with van der Waals surface area (Å²) in [5, 5.41) is 25.5. The predicted octanol–water partition coefficient (Wildman–Crippen LogP) is -2.65. The molecule has 0 aliphatic carbocycles. The van der Waals surface area contributed by atoms with Crippen LogP contribution in [0.3, 0.4) is 0 Å². The fraction of sp³-hybridized carbons (Fsp3) is 1.00. The smallest absolute Gasteiger partial charge is 0.395 e. The molecule has 0 radical (unpaired) electrons. The molecule has 9 nitrogen and oxygen atoms in total. The highest BCUT2D eigenvalue weighted by atomic mass is 31.2. The molecule has 0 amide bonds. The summed E-state index contributed by atoms with van der Waals surface area (Å²) in [6.07, 6.45) is 0. The lowest BCUT2D eigenvalue weighted by Crippen LogP contribution is -2.32. The van der Waals surface area contributed by atoms with Crippen molar-refractivity contribution >= 4 is 7.82 Å². The molecule has 112 valence electrons. The molecule has 18 heavy (non-hydrogen) atoms. The van der Waals surface area contributed by atoms with Gasteiger partial charge in [0.2, 0.25) is 0 Å². The van der Waals surface area contributed by atoms with Crippen molar-refractivity contribution in [2.45, 2.75) is 0 Å². The molecule has 0 aromatic carbocycles. The highest BCUT2D eigenvalue weighted by molar-refractivity contribution is 7.45. The van der Waals surface area contributed by atoms with Crippen molar-refractivity contribution in [2.75, 3.05) is 52.7 Å². The molecule has 0 aromatic heterocycles. The van der Waals surface area contributed by atoms with Gasteiger partial charge in [-0.1, -0.05) is 0 Å². The lowest BCUT2D eigenvalue weighted by Gasteiger charge is -2.17. The van der Waals surface area contributed by atoms with E-state index in [2.05, 4.69) is 4.74 Å². The standard InChI is InChI=1S/C6H15NO3.C2H4O.H3O4P/c8-4-1-7(2-5-9)3-6-10;1-2-3-1;1-5(2,3)4/h8-10H,1-6H2;1-2H2;(H3,1,2,3,4). The van der Waals surface area contributed by atoms with Crippen LogP contribution in [0.4, 0.5) is 0 Å². The van der Waals surface area contributed by atoms with Gasteiger partial charge in [-0.25, -0.2) is 4.57 Å². The average molecular weight is 291 g/mol. The first-order valence-corrected chi connectivity index (χ1v) is 6.82. The Hall–Kier alpha value is -0.0900. The van der Waals surface area contributed by atoms with Crippen LogP contribution in [0, 0.1) is 0 Å². The van der Waals surface area contributed by atoms with Crippen molar-refractivity contribution in [3.63, 3.8) is 0 Å². The monoisotopic (exact) mass is 291 g/mol. The molecule has 1 rings (SSSR count). The maximum absolute atomic E-state index is 8.88. The van der Waals surface area contributed by atoms with Crippen LogP contribution in [0.1, 0.15) is 0 Å². The summed E-state index contributed by atoms with van der Waals surface area (Å²) in [5.74, 6) is 0. The maximum atomic E-state index is 8.88. The average Bonchev–Trinajstić information content (AvgIpc) is 3.02. The molecule has 0 spiro atoms. The summed E-state index contributed by atoms with van der Waals surface area (Å²) in [5.41, 5.74) is 0. The molecule has 0 unspecified atom stereocenters. The molecule has 1 saturated heterocycles. The normalized spacial score (nSPS) is 13.3. The van der Waals surface area contributed by atoms with Crippen molar-refractivity contribution in [3.05, 3.63) is 0 Å². The first kappa shape index (κ1) is 20.2. The second-order valence-electron chi connectivity index (χ2n) is 3.14. The zero-order valence-electron chi connectivity index (χ0n) is 10.1. The van der Waals surface area contributed by atoms with E-state index in [1.54, 1.807) is 4.90 Å². The first-order chi connectivity index (χ1) is 8.35. The van der Waals surface area contributed by atoms with E-state index in [4.69, 9.17) is 34.6 Å². The number of aliphatic hydroxyl groups excluding tert-OH is 3. The summed E-state index contributed by atoms with van der Waals surface area (Å²) in [7, 11) is -4.64. The van der Waals surface area contributed by atoms with Crippen molar-refractivity contribution in [3.8, 4) is 0 Å². The third-order valence-corrected chi connectivity index (χ3v) is 1.45. The van der Waals surface area contributed by atoms with Crippen molar-refractivity contribution in [1.82, 2.24) is 4.90 Å². The van der Waals surface area contributed by atoms with Crippen LogP contribution in [0.15, 0.2) is 0 Å². The van der Waals surface area contributed by atoms with Gasteiger partial charge >= 0.3 is 7.82 Å². The third-order valence-electron chi connectivity index (χ3n) is 1.45. The number of aliphatic hydroxyl groups is 3. The van der Waals surface area contributed by atoms with Gasteiger partial charge in [-0.15, -0.1) is 0 Å². The number of ether oxygens (including phenoxy) is 1. The number of hydrogen-bond donors (Lipinski definition) is 6. The van der Waals surface area contributed by atoms with E-state index in [0.717, 1.165) is 13.2 Å². The van der Waals surface area contributed by atoms with Crippen LogP contribution >= 0.6 is 7.82 Å². The molecule has 10 heteroatoms. The third kappa shape index (κ3) is 36.0. The Bertz CT molecular complexity index is 184. The fourth-order valence-electron chi connectivity index (χ4n) is 0.760. The minimum Gasteiger partial charge on any atom is -0.395 e. The Morgan fingerprint density at radius 1 is 0.889 bits per heavy atom. The number of nitrogens with zero attached hydrogens (tertiary/aromatic N) is 1. The van der Waals surface area contributed by atoms with Crippen molar-refractivity contribution < 1.29 is 39.3 Å². The minimum absolute atomic E-state index is 0.0694. The highest BCUT2D eigenvalue weighted by Crippen LogP contribution is 2.25. The Morgan fingerprint density at radius 3 is 1.22 bits per heavy atom.